The van der Waals surface area contributed by atoms with E-state index in [-0.39, 0.29) is 29.8 Å². The first-order chi connectivity index (χ1) is 9.70. The minimum atomic E-state index is -0.220. The van der Waals surface area contributed by atoms with Crippen LogP contribution in [0.3, 0.4) is 0 Å². The van der Waals surface area contributed by atoms with E-state index >= 15 is 0 Å². The summed E-state index contributed by atoms with van der Waals surface area (Å²) in [7, 11) is 3.56. The van der Waals surface area contributed by atoms with Gasteiger partial charge in [0.1, 0.15) is 5.82 Å². The molecule has 114 valence electrons. The first-order valence-corrected chi connectivity index (χ1v) is 6.35. The molecule has 0 saturated carbocycles. The largest absolute Gasteiger partial charge is 0.352 e. The van der Waals surface area contributed by atoms with Gasteiger partial charge in [-0.15, -0.1) is 24.0 Å². The van der Waals surface area contributed by atoms with Gasteiger partial charge in [0, 0.05) is 32.4 Å². The number of aryl methyl sites for hydroxylation is 1. The molecule has 0 spiro atoms. The molecule has 2 rings (SSSR count). The smallest absolute Gasteiger partial charge is 0.191 e. The molecule has 7 heteroatoms. The summed E-state index contributed by atoms with van der Waals surface area (Å²) in [5.41, 5.74) is 1.65. The Labute approximate surface area is 140 Å². The van der Waals surface area contributed by atoms with Gasteiger partial charge in [0.2, 0.25) is 0 Å². The molecule has 0 unspecified atom stereocenters. The third-order valence-electron chi connectivity index (χ3n) is 2.99. The van der Waals surface area contributed by atoms with E-state index in [1.807, 2.05) is 19.2 Å². The van der Waals surface area contributed by atoms with Crippen LogP contribution >= 0.6 is 24.0 Å². The van der Waals surface area contributed by atoms with E-state index in [1.54, 1.807) is 30.1 Å². The van der Waals surface area contributed by atoms with Crippen LogP contribution < -0.4 is 10.6 Å². The third kappa shape index (κ3) is 5.00. The molecule has 0 aliphatic rings. The number of halogens is 2. The Morgan fingerprint density at radius 1 is 1.24 bits per heavy atom. The van der Waals surface area contributed by atoms with E-state index in [2.05, 4.69) is 20.7 Å². The van der Waals surface area contributed by atoms with Crippen LogP contribution in [0.2, 0.25) is 0 Å². The number of benzene rings is 1. The van der Waals surface area contributed by atoms with Gasteiger partial charge >= 0.3 is 0 Å². The van der Waals surface area contributed by atoms with E-state index in [9.17, 15) is 4.39 Å². The van der Waals surface area contributed by atoms with Crippen molar-refractivity contribution in [1.82, 2.24) is 20.4 Å². The van der Waals surface area contributed by atoms with Gasteiger partial charge in [-0.25, -0.2) is 4.39 Å². The first-order valence-electron chi connectivity index (χ1n) is 6.35. The van der Waals surface area contributed by atoms with E-state index in [4.69, 9.17) is 0 Å². The standard InChI is InChI=1S/C14H18FN5.HI/c1-16-14(18-10-12-7-8-19-20(12)2)17-9-11-5-3-4-6-13(11)15;/h3-8H,9-10H2,1-2H3,(H2,16,17,18);1H. The minimum absolute atomic E-state index is 0. The fraction of sp³-hybridized carbons (Fsp3) is 0.286. The molecule has 1 heterocycles. The number of hydrogen-bond donors (Lipinski definition) is 2. The lowest BCUT2D eigenvalue weighted by Crippen LogP contribution is -2.36. The lowest BCUT2D eigenvalue weighted by molar-refractivity contribution is 0.604. The van der Waals surface area contributed by atoms with E-state index in [0.29, 0.717) is 24.6 Å². The Morgan fingerprint density at radius 3 is 2.57 bits per heavy atom. The second kappa shape index (κ2) is 8.60. The van der Waals surface area contributed by atoms with Crippen LogP contribution in [0.15, 0.2) is 41.5 Å². The van der Waals surface area contributed by atoms with Crippen molar-refractivity contribution < 1.29 is 4.39 Å². The van der Waals surface area contributed by atoms with Gasteiger partial charge in [0.25, 0.3) is 0 Å². The maximum absolute atomic E-state index is 13.5. The number of guanidine groups is 1. The highest BCUT2D eigenvalue weighted by molar-refractivity contribution is 14.0. The summed E-state index contributed by atoms with van der Waals surface area (Å²) in [6.45, 7) is 0.991. The average Bonchev–Trinajstić information content (AvgIpc) is 2.86. The molecule has 2 aromatic rings. The number of rotatable bonds is 4. The maximum atomic E-state index is 13.5. The molecule has 21 heavy (non-hydrogen) atoms. The summed E-state index contributed by atoms with van der Waals surface area (Å²) in [5, 5.41) is 10.3. The number of nitrogens with one attached hydrogen (secondary N) is 2. The van der Waals surface area contributed by atoms with Crippen LogP contribution in [-0.4, -0.2) is 22.8 Å². The van der Waals surface area contributed by atoms with Crippen molar-refractivity contribution in [3.05, 3.63) is 53.6 Å². The van der Waals surface area contributed by atoms with E-state index in [0.717, 1.165) is 5.69 Å². The summed E-state index contributed by atoms with van der Waals surface area (Å²) < 4.78 is 15.3. The number of aromatic nitrogens is 2. The lowest BCUT2D eigenvalue weighted by atomic mass is 10.2. The van der Waals surface area contributed by atoms with Gasteiger partial charge in [-0.3, -0.25) is 9.67 Å². The van der Waals surface area contributed by atoms with Crippen molar-refractivity contribution in [3.8, 4) is 0 Å². The molecule has 0 fully saturated rings. The Hall–Kier alpha value is -1.64. The summed E-state index contributed by atoms with van der Waals surface area (Å²) in [6, 6.07) is 8.61. The Balaban J connectivity index is 0.00000220. The van der Waals surface area contributed by atoms with Crippen LogP contribution in [0, 0.1) is 5.82 Å². The molecule has 0 aliphatic heterocycles. The highest BCUT2D eigenvalue weighted by atomic mass is 127. The normalized spacial score (nSPS) is 10.9. The first kappa shape index (κ1) is 17.4. The van der Waals surface area contributed by atoms with Gasteiger partial charge < -0.3 is 10.6 Å². The number of nitrogens with zero attached hydrogens (tertiary/aromatic N) is 3. The second-order valence-electron chi connectivity index (χ2n) is 4.32. The zero-order chi connectivity index (χ0) is 14.4. The predicted molar refractivity (Wildman–Crippen MR) is 92.1 cm³/mol. The quantitative estimate of drug-likeness (QED) is 0.467. The van der Waals surface area contributed by atoms with Crippen molar-refractivity contribution in [1.29, 1.82) is 0 Å². The van der Waals surface area contributed by atoms with Gasteiger partial charge in [-0.05, 0) is 12.1 Å². The fourth-order valence-corrected chi connectivity index (χ4v) is 1.79. The maximum Gasteiger partial charge on any atom is 0.191 e. The summed E-state index contributed by atoms with van der Waals surface area (Å²) >= 11 is 0. The Bertz CT molecular complexity index is 597. The highest BCUT2D eigenvalue weighted by Crippen LogP contribution is 2.05. The van der Waals surface area contributed by atoms with E-state index < -0.39 is 0 Å². The minimum Gasteiger partial charge on any atom is -0.352 e. The lowest BCUT2D eigenvalue weighted by Gasteiger charge is -2.12. The Morgan fingerprint density at radius 2 is 1.95 bits per heavy atom. The predicted octanol–water partition coefficient (Wildman–Crippen LogP) is 2.04. The molecule has 5 nitrogen and oxygen atoms in total. The summed E-state index contributed by atoms with van der Waals surface area (Å²) in [6.07, 6.45) is 1.74. The average molecular weight is 403 g/mol. The second-order valence-corrected chi connectivity index (χ2v) is 4.32. The van der Waals surface area contributed by atoms with Crippen molar-refractivity contribution in [2.75, 3.05) is 7.05 Å². The van der Waals surface area contributed by atoms with Crippen LogP contribution in [0.4, 0.5) is 4.39 Å². The molecule has 1 aromatic heterocycles. The topological polar surface area (TPSA) is 54.2 Å². The van der Waals surface area contributed by atoms with Crippen molar-refractivity contribution >= 4 is 29.9 Å². The number of aliphatic imine (C=N–C) groups is 1. The highest BCUT2D eigenvalue weighted by Gasteiger charge is 2.03. The monoisotopic (exact) mass is 403 g/mol. The van der Waals surface area contributed by atoms with Crippen molar-refractivity contribution in [3.63, 3.8) is 0 Å². The number of hydrogen-bond acceptors (Lipinski definition) is 2. The van der Waals surface area contributed by atoms with Gasteiger partial charge in [0.05, 0.1) is 12.2 Å². The summed E-state index contributed by atoms with van der Waals surface area (Å²) in [4.78, 5) is 4.10. The van der Waals surface area contributed by atoms with Crippen LogP contribution in [0.5, 0.6) is 0 Å². The fourth-order valence-electron chi connectivity index (χ4n) is 1.79. The molecule has 0 bridgehead atoms. The zero-order valence-corrected chi connectivity index (χ0v) is 14.3. The van der Waals surface area contributed by atoms with Crippen LogP contribution in [0.1, 0.15) is 11.3 Å². The molecular formula is C14H19FIN5. The molecule has 0 saturated heterocycles. The molecular weight excluding hydrogens is 384 g/mol. The SMILES string of the molecule is CN=C(NCc1ccccc1F)NCc1ccnn1C.I. The zero-order valence-electron chi connectivity index (χ0n) is 12.0. The Kier molecular flexibility index (Phi) is 7.13. The van der Waals surface area contributed by atoms with Gasteiger partial charge in [-0.2, -0.15) is 5.10 Å². The summed E-state index contributed by atoms with van der Waals surface area (Å²) in [5.74, 6) is 0.400. The molecule has 1 aromatic carbocycles. The molecule has 0 amide bonds. The van der Waals surface area contributed by atoms with Crippen LogP contribution in [-0.2, 0) is 20.1 Å². The molecule has 2 N–H and O–H groups in total. The third-order valence-corrected chi connectivity index (χ3v) is 2.99. The van der Waals surface area contributed by atoms with Gasteiger partial charge in [-0.1, -0.05) is 18.2 Å². The molecule has 0 radical (unpaired) electrons. The van der Waals surface area contributed by atoms with Crippen molar-refractivity contribution in [2.24, 2.45) is 12.0 Å². The van der Waals surface area contributed by atoms with Crippen LogP contribution in [0.25, 0.3) is 0 Å². The van der Waals surface area contributed by atoms with Crippen molar-refractivity contribution in [2.45, 2.75) is 13.1 Å². The van der Waals surface area contributed by atoms with Gasteiger partial charge in [0.15, 0.2) is 5.96 Å². The molecule has 0 aliphatic carbocycles. The van der Waals surface area contributed by atoms with E-state index in [1.165, 1.54) is 6.07 Å². The molecule has 0 atom stereocenters.